The third kappa shape index (κ3) is 8.29. The summed E-state index contributed by atoms with van der Waals surface area (Å²) in [6.45, 7) is 3.55. The van der Waals surface area contributed by atoms with E-state index < -0.39 is 0 Å². The average molecular weight is 603 g/mol. The summed E-state index contributed by atoms with van der Waals surface area (Å²) < 4.78 is 25.3. The summed E-state index contributed by atoms with van der Waals surface area (Å²) >= 11 is 0. The molecule has 3 amide bonds. The van der Waals surface area contributed by atoms with E-state index in [0.29, 0.717) is 67.8 Å². The van der Waals surface area contributed by atoms with Crippen LogP contribution in [0.1, 0.15) is 33.6 Å². The molecule has 2 aromatic carbocycles. The summed E-state index contributed by atoms with van der Waals surface area (Å²) in [5.74, 6) is 1.20. The molecule has 1 saturated heterocycles. The van der Waals surface area contributed by atoms with Gasteiger partial charge in [-0.25, -0.2) is 4.79 Å². The molecular weight excluding hydrogens is 564 g/mol. The molecule has 2 aliphatic rings. The summed E-state index contributed by atoms with van der Waals surface area (Å²) in [5, 5.41) is 18.1. The molecule has 12 nitrogen and oxygen atoms in total. The summed E-state index contributed by atoms with van der Waals surface area (Å²) in [4.78, 5) is 28.1. The zero-order chi connectivity index (χ0) is 30.9. The van der Waals surface area contributed by atoms with Crippen LogP contribution in [0.3, 0.4) is 0 Å². The first-order valence-electron chi connectivity index (χ1n) is 14.7. The van der Waals surface area contributed by atoms with E-state index in [-0.39, 0.29) is 37.2 Å². The van der Waals surface area contributed by atoms with Gasteiger partial charge >= 0.3 is 6.03 Å². The number of aryl methyl sites for hydroxylation is 1. The Morgan fingerprint density at radius 1 is 1.07 bits per heavy atom. The summed E-state index contributed by atoms with van der Waals surface area (Å²) in [6, 6.07) is 16.2. The van der Waals surface area contributed by atoms with Crippen LogP contribution in [0, 0.1) is 11.3 Å². The number of benzene rings is 2. The number of nitrogens with zero attached hydrogens (tertiary/aromatic N) is 3. The molecule has 3 heterocycles. The number of piperidine rings is 1. The predicted molar refractivity (Wildman–Crippen MR) is 162 cm³/mol. The number of rotatable bonds is 6. The van der Waals surface area contributed by atoms with Crippen LogP contribution >= 0.6 is 0 Å². The van der Waals surface area contributed by atoms with Gasteiger partial charge in [-0.05, 0) is 47.9 Å². The van der Waals surface area contributed by atoms with Gasteiger partial charge in [0.05, 0.1) is 25.4 Å². The quantitative estimate of drug-likeness (QED) is 0.366. The monoisotopic (exact) mass is 602 g/mol. The van der Waals surface area contributed by atoms with Gasteiger partial charge in [0.2, 0.25) is 0 Å². The van der Waals surface area contributed by atoms with Crippen LogP contribution in [0.25, 0.3) is 0 Å². The van der Waals surface area contributed by atoms with E-state index in [1.165, 1.54) is 0 Å². The Labute approximate surface area is 256 Å². The van der Waals surface area contributed by atoms with Gasteiger partial charge in [0.25, 0.3) is 5.91 Å². The second kappa shape index (κ2) is 14.7. The van der Waals surface area contributed by atoms with Crippen molar-refractivity contribution in [1.82, 2.24) is 25.4 Å². The van der Waals surface area contributed by atoms with Crippen LogP contribution in [0.15, 0.2) is 54.7 Å². The number of aromatic nitrogens is 1. The number of hydrogen-bond donors (Lipinski definition) is 3. The number of carbonyl (C=O) groups excluding carboxylic acids is 2. The Hall–Kier alpha value is -4.57. The Morgan fingerprint density at radius 3 is 2.75 bits per heavy atom. The van der Waals surface area contributed by atoms with E-state index in [2.05, 4.69) is 26.9 Å². The van der Waals surface area contributed by atoms with Crippen molar-refractivity contribution in [3.05, 3.63) is 77.1 Å². The third-order valence-electron chi connectivity index (χ3n) is 7.53. The molecule has 0 unspecified atom stereocenters. The summed E-state index contributed by atoms with van der Waals surface area (Å²) in [5.41, 5.74) is 2.93. The molecule has 0 aliphatic carbocycles. The highest BCUT2D eigenvalue weighted by atomic mass is 16.5. The van der Waals surface area contributed by atoms with Gasteiger partial charge in [-0.2, -0.15) is 5.26 Å². The number of amides is 3. The number of nitriles is 1. The fourth-order valence-corrected chi connectivity index (χ4v) is 5.35. The first-order chi connectivity index (χ1) is 21.4. The van der Waals surface area contributed by atoms with Gasteiger partial charge in [0.15, 0.2) is 0 Å². The SMILES string of the molecule is COCCOc1cc2cc(c1)C(=O)NCCNC(=O)N[C@H]1CCN(Cc3cc(C#N)n(C)c3)C[C@@H]1OCc1cccc(c1)O2. The van der Waals surface area contributed by atoms with Crippen molar-refractivity contribution >= 4 is 11.9 Å². The van der Waals surface area contributed by atoms with Crippen LogP contribution in [0.2, 0.25) is 0 Å². The maximum absolute atomic E-state index is 13.0. The molecule has 1 fully saturated rings. The molecule has 44 heavy (non-hydrogen) atoms. The van der Waals surface area contributed by atoms with E-state index in [1.54, 1.807) is 25.3 Å². The largest absolute Gasteiger partial charge is 0.491 e. The van der Waals surface area contributed by atoms with Gasteiger partial charge in [-0.1, -0.05) is 12.1 Å². The minimum absolute atomic E-state index is 0.207. The first kappa shape index (κ1) is 30.9. The van der Waals surface area contributed by atoms with Crippen molar-refractivity contribution in [3.63, 3.8) is 0 Å². The predicted octanol–water partition coefficient (Wildman–Crippen LogP) is 2.92. The van der Waals surface area contributed by atoms with Crippen molar-refractivity contribution in [3.8, 4) is 23.3 Å². The maximum Gasteiger partial charge on any atom is 0.315 e. The topological polar surface area (TPSA) is 139 Å². The number of likely N-dealkylation sites (tertiary alicyclic amines) is 1. The summed E-state index contributed by atoms with van der Waals surface area (Å²) in [7, 11) is 3.45. The number of fused-ring (bicyclic) bond motifs is 5. The van der Waals surface area contributed by atoms with Gasteiger partial charge in [0, 0.05) is 64.7 Å². The Kier molecular flexibility index (Phi) is 10.3. The van der Waals surface area contributed by atoms with Crippen LogP contribution in [-0.4, -0.2) is 80.1 Å². The van der Waals surface area contributed by atoms with Gasteiger partial charge in [-0.15, -0.1) is 0 Å². The fraction of sp³-hybridized carbons (Fsp3) is 0.406. The van der Waals surface area contributed by atoms with Crippen molar-refractivity contribution in [1.29, 1.82) is 5.26 Å². The van der Waals surface area contributed by atoms with Crippen molar-refractivity contribution < 1.29 is 28.5 Å². The van der Waals surface area contributed by atoms with Crippen molar-refractivity contribution in [2.24, 2.45) is 7.05 Å². The van der Waals surface area contributed by atoms with Gasteiger partial charge in [-0.3, -0.25) is 9.69 Å². The number of nitrogens with one attached hydrogen (secondary N) is 3. The van der Waals surface area contributed by atoms with Crippen LogP contribution in [0.4, 0.5) is 4.79 Å². The minimum Gasteiger partial charge on any atom is -0.491 e. The molecular formula is C32H38N6O6. The fourth-order valence-electron chi connectivity index (χ4n) is 5.35. The number of methoxy groups -OCH3 is 1. The highest BCUT2D eigenvalue weighted by Crippen LogP contribution is 2.29. The van der Waals surface area contributed by atoms with Gasteiger partial charge in [0.1, 0.15) is 35.6 Å². The molecule has 0 spiro atoms. The van der Waals surface area contributed by atoms with Crippen molar-refractivity contribution in [2.45, 2.75) is 31.7 Å². The molecule has 5 rings (SSSR count). The van der Waals surface area contributed by atoms with Gasteiger partial charge < -0.3 is 39.5 Å². The normalized spacial score (nSPS) is 19.6. The average Bonchev–Trinajstić information content (AvgIpc) is 3.37. The number of hydrogen-bond acceptors (Lipinski definition) is 8. The lowest BCUT2D eigenvalue weighted by atomic mass is 10.0. The number of ether oxygens (including phenoxy) is 4. The molecule has 2 aliphatic heterocycles. The van der Waals surface area contributed by atoms with E-state index in [9.17, 15) is 14.9 Å². The summed E-state index contributed by atoms with van der Waals surface area (Å²) in [6.07, 6.45) is 2.38. The smallest absolute Gasteiger partial charge is 0.315 e. The standard InChI is InChI=1S/C32H38N6O6/c1-37-18-23(12-25(37)17-33)19-38-9-6-29-30(20-38)43-21-22-4-3-5-26(13-22)44-28-15-24(14-27(16-28)42-11-10-41-2)31(39)34-7-8-35-32(40)36-29/h3-5,12-16,18,29-30H,6-11,19-21H2,1-2H3,(H,34,39)(H2,35,36,40)/t29-,30-/m0/s1. The molecule has 0 saturated carbocycles. The Morgan fingerprint density at radius 2 is 1.93 bits per heavy atom. The van der Waals surface area contributed by atoms with Crippen LogP contribution in [-0.2, 0) is 29.7 Å². The van der Waals surface area contributed by atoms with E-state index in [1.807, 2.05) is 48.1 Å². The highest BCUT2D eigenvalue weighted by molar-refractivity contribution is 5.95. The molecule has 3 N–H and O–H groups in total. The molecule has 232 valence electrons. The van der Waals surface area contributed by atoms with E-state index >= 15 is 0 Å². The van der Waals surface area contributed by atoms with E-state index in [4.69, 9.17) is 18.9 Å². The van der Waals surface area contributed by atoms with Crippen LogP contribution in [0.5, 0.6) is 17.2 Å². The molecule has 1 aromatic heterocycles. The number of carbonyl (C=O) groups is 2. The lowest BCUT2D eigenvalue weighted by Gasteiger charge is -2.38. The maximum atomic E-state index is 13.0. The second-order valence-electron chi connectivity index (χ2n) is 10.9. The molecule has 3 aromatic rings. The lowest BCUT2D eigenvalue weighted by molar-refractivity contribution is -0.0303. The van der Waals surface area contributed by atoms with E-state index in [0.717, 1.165) is 17.7 Å². The van der Waals surface area contributed by atoms with Crippen molar-refractivity contribution in [2.75, 3.05) is 46.5 Å². The molecule has 4 bridgehead atoms. The highest BCUT2D eigenvalue weighted by Gasteiger charge is 2.31. The molecule has 12 heteroatoms. The molecule has 0 radical (unpaired) electrons. The van der Waals surface area contributed by atoms with Crippen LogP contribution < -0.4 is 25.4 Å². The Bertz CT molecular complexity index is 1500. The lowest BCUT2D eigenvalue weighted by Crippen LogP contribution is -2.56. The molecule has 2 atom stereocenters. The Balaban J connectivity index is 1.35. The zero-order valence-electron chi connectivity index (χ0n) is 25.0. The number of urea groups is 1. The first-order valence-corrected chi connectivity index (χ1v) is 14.7. The minimum atomic E-state index is -0.319. The third-order valence-corrected chi connectivity index (χ3v) is 7.53. The zero-order valence-corrected chi connectivity index (χ0v) is 25.0. The second-order valence-corrected chi connectivity index (χ2v) is 10.9.